The van der Waals surface area contributed by atoms with Crippen LogP contribution in [0.25, 0.3) is 0 Å². The number of aliphatic hydroxyl groups excluding tert-OH is 1. The number of allylic oxidation sites excluding steroid dienone is 17. The van der Waals surface area contributed by atoms with Crippen LogP contribution in [-0.2, 0) is 18.4 Å². The normalized spacial score (nSPS) is 14.8. The smallest absolute Gasteiger partial charge is 0.387 e. The molecule has 0 saturated heterocycles. The second kappa shape index (κ2) is 50.1. The number of carbonyl (C=O) groups is 1. The van der Waals surface area contributed by atoms with Crippen LogP contribution < -0.4 is 5.32 Å². The molecule has 0 aromatic rings. The molecular formula is C60H106N2O6P+. The van der Waals surface area contributed by atoms with Gasteiger partial charge in [-0.2, -0.15) is 0 Å². The van der Waals surface area contributed by atoms with Gasteiger partial charge in [0, 0.05) is 6.42 Å². The molecule has 0 heterocycles. The Morgan fingerprint density at radius 3 is 1.33 bits per heavy atom. The Morgan fingerprint density at radius 2 is 0.884 bits per heavy atom. The van der Waals surface area contributed by atoms with Crippen LogP contribution in [0.5, 0.6) is 0 Å². The number of phosphoric ester groups is 1. The maximum Gasteiger partial charge on any atom is 0.472 e. The van der Waals surface area contributed by atoms with Gasteiger partial charge in [0.2, 0.25) is 5.91 Å². The highest BCUT2D eigenvalue weighted by atomic mass is 31.2. The van der Waals surface area contributed by atoms with Crippen molar-refractivity contribution in [2.45, 2.75) is 225 Å². The maximum absolute atomic E-state index is 13.0. The predicted octanol–water partition coefficient (Wildman–Crippen LogP) is 16.8. The second-order valence-corrected chi connectivity index (χ2v) is 21.0. The van der Waals surface area contributed by atoms with Gasteiger partial charge in [-0.25, -0.2) is 4.57 Å². The Labute approximate surface area is 425 Å². The van der Waals surface area contributed by atoms with E-state index >= 15 is 0 Å². The van der Waals surface area contributed by atoms with Crippen molar-refractivity contribution < 1.29 is 32.9 Å². The van der Waals surface area contributed by atoms with Gasteiger partial charge in [0.1, 0.15) is 13.2 Å². The fourth-order valence-corrected chi connectivity index (χ4v) is 8.13. The summed E-state index contributed by atoms with van der Waals surface area (Å²) in [7, 11) is 1.53. The largest absolute Gasteiger partial charge is 0.472 e. The molecule has 0 aliphatic carbocycles. The number of amides is 1. The van der Waals surface area contributed by atoms with E-state index in [1.165, 1.54) is 96.3 Å². The Kier molecular flexibility index (Phi) is 48.1. The first kappa shape index (κ1) is 66.2. The Bertz CT molecular complexity index is 1490. The molecule has 1 amide bonds. The van der Waals surface area contributed by atoms with Gasteiger partial charge < -0.3 is 19.8 Å². The molecule has 396 valence electrons. The summed E-state index contributed by atoms with van der Waals surface area (Å²) >= 11 is 0. The first-order valence-corrected chi connectivity index (χ1v) is 29.3. The van der Waals surface area contributed by atoms with Crippen LogP contribution in [0, 0.1) is 0 Å². The number of likely N-dealkylation sites (N-methyl/N-ethyl adjacent to an activating group) is 1. The van der Waals surface area contributed by atoms with Crippen molar-refractivity contribution in [3.8, 4) is 0 Å². The molecule has 69 heavy (non-hydrogen) atoms. The summed E-state index contributed by atoms with van der Waals surface area (Å²) in [5.41, 5.74) is 0. The van der Waals surface area contributed by atoms with Gasteiger partial charge in [-0.3, -0.25) is 13.8 Å². The molecule has 0 aliphatic heterocycles. The molecule has 0 aliphatic rings. The van der Waals surface area contributed by atoms with E-state index in [4.69, 9.17) is 9.05 Å². The van der Waals surface area contributed by atoms with E-state index in [1.807, 2.05) is 27.2 Å². The van der Waals surface area contributed by atoms with E-state index in [1.54, 1.807) is 6.08 Å². The number of nitrogens with one attached hydrogen (secondary N) is 1. The lowest BCUT2D eigenvalue weighted by atomic mass is 10.0. The first-order chi connectivity index (χ1) is 33.5. The molecule has 0 rings (SSSR count). The van der Waals surface area contributed by atoms with Gasteiger partial charge in [-0.1, -0.05) is 226 Å². The molecule has 3 N–H and O–H groups in total. The quantitative estimate of drug-likeness (QED) is 0.0243. The van der Waals surface area contributed by atoms with Gasteiger partial charge in [0.25, 0.3) is 0 Å². The lowest BCUT2D eigenvalue weighted by molar-refractivity contribution is -0.870. The highest BCUT2D eigenvalue weighted by Crippen LogP contribution is 2.43. The molecule has 3 unspecified atom stereocenters. The minimum absolute atomic E-state index is 0.0480. The zero-order valence-electron chi connectivity index (χ0n) is 45.0. The van der Waals surface area contributed by atoms with Crippen molar-refractivity contribution in [2.24, 2.45) is 0 Å². The van der Waals surface area contributed by atoms with E-state index in [9.17, 15) is 19.4 Å². The molecule has 0 aromatic heterocycles. The van der Waals surface area contributed by atoms with Crippen LogP contribution in [0.4, 0.5) is 0 Å². The van der Waals surface area contributed by atoms with E-state index in [-0.39, 0.29) is 19.1 Å². The Balaban J connectivity index is 4.33. The molecular weight excluding hydrogens is 876 g/mol. The summed E-state index contributed by atoms with van der Waals surface area (Å²) in [6, 6.07) is -0.878. The van der Waals surface area contributed by atoms with Crippen molar-refractivity contribution in [1.82, 2.24) is 5.32 Å². The van der Waals surface area contributed by atoms with Crippen molar-refractivity contribution >= 4 is 13.7 Å². The number of quaternary nitrogens is 1. The molecule has 9 heteroatoms. The molecule has 0 aromatic carbocycles. The van der Waals surface area contributed by atoms with Crippen molar-refractivity contribution in [2.75, 3.05) is 40.9 Å². The fourth-order valence-electron chi connectivity index (χ4n) is 7.39. The van der Waals surface area contributed by atoms with Crippen LogP contribution in [0.2, 0.25) is 0 Å². The zero-order chi connectivity index (χ0) is 50.6. The molecule has 0 bridgehead atoms. The number of nitrogens with zero attached hydrogens (tertiary/aromatic N) is 1. The maximum atomic E-state index is 13.0. The van der Waals surface area contributed by atoms with Crippen LogP contribution in [-0.4, -0.2) is 73.4 Å². The fraction of sp³-hybridized carbons (Fsp3) is 0.683. The van der Waals surface area contributed by atoms with Crippen LogP contribution in [0.15, 0.2) is 109 Å². The second-order valence-electron chi connectivity index (χ2n) is 19.6. The Hall–Kier alpha value is -2.84. The van der Waals surface area contributed by atoms with Gasteiger partial charge in [-0.15, -0.1) is 0 Å². The summed E-state index contributed by atoms with van der Waals surface area (Å²) in [4.78, 5) is 23.3. The highest BCUT2D eigenvalue weighted by Gasteiger charge is 2.27. The summed E-state index contributed by atoms with van der Waals surface area (Å²) in [5.74, 6) is -0.202. The summed E-state index contributed by atoms with van der Waals surface area (Å²) in [6.07, 6.45) is 73.2. The van der Waals surface area contributed by atoms with Crippen molar-refractivity contribution in [3.63, 3.8) is 0 Å². The minimum Gasteiger partial charge on any atom is -0.387 e. The average Bonchev–Trinajstić information content (AvgIpc) is 3.31. The number of hydrogen-bond donors (Lipinski definition) is 3. The number of aliphatic hydroxyl groups is 1. The average molecular weight is 982 g/mol. The SMILES string of the molecule is CC/C=C\C/C=C\C/C=C\C/C=C\C/C=C\C/C=C\C/C=C\CCCCCCCCCC(=O)NC(COP(=O)(O)OCC[N+](C)(C)C)C(O)/C=C/CC/C=C/CCCCCCCCCCCCCC. The van der Waals surface area contributed by atoms with Crippen LogP contribution in [0.1, 0.15) is 213 Å². The van der Waals surface area contributed by atoms with E-state index in [0.29, 0.717) is 17.4 Å². The third-order valence-electron chi connectivity index (χ3n) is 11.7. The number of hydrogen-bond acceptors (Lipinski definition) is 5. The zero-order valence-corrected chi connectivity index (χ0v) is 45.9. The Morgan fingerprint density at radius 1 is 0.507 bits per heavy atom. The molecule has 0 saturated carbocycles. The number of phosphoric acid groups is 1. The van der Waals surface area contributed by atoms with Crippen molar-refractivity contribution in [1.29, 1.82) is 0 Å². The van der Waals surface area contributed by atoms with E-state index in [2.05, 4.69) is 116 Å². The standard InChI is InChI=1S/C60H105N2O6P/c1-6-8-10-12-14-16-18-20-22-24-26-27-28-29-30-31-32-33-34-35-36-38-40-42-44-46-48-50-52-54-60(64)61-58(57-68-69(65,66)67-56-55-62(3,4)5)59(63)53-51-49-47-45-43-41-39-37-25-23-21-19-17-15-13-11-9-7-2/h8,10,14,16,20,22,26-27,29-30,32-33,35-36,43,45,51,53,58-59,63H,6-7,9,11-13,15,17-19,21,23-25,28,31,34,37-42,44,46-50,52,54-57H2,1-5H3,(H-,61,64,65,66)/p+1/b10-8-,16-14-,22-20-,27-26-,30-29-,33-32-,36-35-,45-43+,53-51+. The molecule has 0 fully saturated rings. The van der Waals surface area contributed by atoms with Gasteiger partial charge in [0.05, 0.1) is 39.9 Å². The molecule has 3 atom stereocenters. The van der Waals surface area contributed by atoms with E-state index in [0.717, 1.165) is 96.3 Å². The predicted molar refractivity (Wildman–Crippen MR) is 299 cm³/mol. The summed E-state index contributed by atoms with van der Waals surface area (Å²) in [5, 5.41) is 13.9. The third-order valence-corrected chi connectivity index (χ3v) is 12.7. The lowest BCUT2D eigenvalue weighted by Crippen LogP contribution is -2.45. The van der Waals surface area contributed by atoms with Gasteiger partial charge in [-0.05, 0) is 89.9 Å². The third kappa shape index (κ3) is 52.8. The van der Waals surface area contributed by atoms with Gasteiger partial charge in [0.15, 0.2) is 0 Å². The topological polar surface area (TPSA) is 105 Å². The number of unbranched alkanes of at least 4 members (excludes halogenated alkanes) is 20. The highest BCUT2D eigenvalue weighted by molar-refractivity contribution is 7.47. The van der Waals surface area contributed by atoms with Crippen molar-refractivity contribution in [3.05, 3.63) is 109 Å². The number of rotatable bonds is 49. The van der Waals surface area contributed by atoms with Gasteiger partial charge >= 0.3 is 7.82 Å². The monoisotopic (exact) mass is 982 g/mol. The molecule has 8 nitrogen and oxygen atoms in total. The van der Waals surface area contributed by atoms with Crippen LogP contribution >= 0.6 is 7.82 Å². The summed E-state index contributed by atoms with van der Waals surface area (Å²) < 4.78 is 23.7. The molecule has 0 radical (unpaired) electrons. The lowest BCUT2D eigenvalue weighted by Gasteiger charge is -2.25. The van der Waals surface area contributed by atoms with E-state index < -0.39 is 20.0 Å². The molecule has 0 spiro atoms. The minimum atomic E-state index is -4.36. The summed E-state index contributed by atoms with van der Waals surface area (Å²) in [6.45, 7) is 4.66. The first-order valence-electron chi connectivity index (χ1n) is 27.8. The van der Waals surface area contributed by atoms with Crippen LogP contribution in [0.3, 0.4) is 0 Å². The number of carbonyl (C=O) groups excluding carboxylic acids is 1.